The monoisotopic (exact) mass is 310 g/mol. The Hall–Kier alpha value is -1.04. The van der Waals surface area contributed by atoms with Crippen molar-refractivity contribution >= 4 is 0 Å². The van der Waals surface area contributed by atoms with Crippen molar-refractivity contribution in [2.24, 2.45) is 23.7 Å². The molecule has 0 aliphatic heterocycles. The molecule has 4 aliphatic rings. The molecule has 126 valence electrons. The molecule has 0 saturated carbocycles. The van der Waals surface area contributed by atoms with Gasteiger partial charge in [-0.25, -0.2) is 0 Å². The molecular formula is C23H34. The summed E-state index contributed by atoms with van der Waals surface area (Å²) in [6.45, 7) is 0. The molecule has 0 saturated heterocycles. The van der Waals surface area contributed by atoms with Gasteiger partial charge in [-0.1, -0.05) is 48.6 Å². The molecule has 0 N–H and O–H groups in total. The van der Waals surface area contributed by atoms with Crippen LogP contribution in [0.3, 0.4) is 0 Å². The molecule has 4 unspecified atom stereocenters. The van der Waals surface area contributed by atoms with Crippen molar-refractivity contribution in [1.82, 2.24) is 0 Å². The van der Waals surface area contributed by atoms with Crippen LogP contribution < -0.4 is 0 Å². The summed E-state index contributed by atoms with van der Waals surface area (Å²) >= 11 is 0. The fourth-order valence-electron chi connectivity index (χ4n) is 4.68. The average molecular weight is 311 g/mol. The Morgan fingerprint density at radius 2 is 1.09 bits per heavy atom. The van der Waals surface area contributed by atoms with Crippen molar-refractivity contribution in [3.63, 3.8) is 0 Å². The van der Waals surface area contributed by atoms with E-state index in [0.29, 0.717) is 0 Å². The minimum atomic E-state index is 0.902. The van der Waals surface area contributed by atoms with Crippen LogP contribution in [0.5, 0.6) is 0 Å². The zero-order valence-electron chi connectivity index (χ0n) is 14.7. The minimum absolute atomic E-state index is 0.902. The topological polar surface area (TPSA) is 0 Å². The SMILES string of the molecule is C1=CC2CC/C=C\CC(C1)C2.C1=CCC2CCC=CCC2CC1. The first kappa shape index (κ1) is 16.8. The highest BCUT2D eigenvalue weighted by molar-refractivity contribution is 5.01. The van der Waals surface area contributed by atoms with E-state index in [1.165, 1.54) is 70.6 Å². The van der Waals surface area contributed by atoms with E-state index in [0.717, 1.165) is 23.7 Å². The number of hydrogen-bond donors (Lipinski definition) is 0. The van der Waals surface area contributed by atoms with Crippen LogP contribution in [0.4, 0.5) is 0 Å². The van der Waals surface area contributed by atoms with Gasteiger partial charge in [-0.05, 0) is 94.3 Å². The number of allylic oxidation sites excluding steroid dienone is 8. The zero-order valence-corrected chi connectivity index (χ0v) is 14.7. The molecule has 0 heterocycles. The first-order valence-corrected chi connectivity index (χ1v) is 10.0. The van der Waals surface area contributed by atoms with Crippen LogP contribution in [0.25, 0.3) is 0 Å². The summed E-state index contributed by atoms with van der Waals surface area (Å²) in [6, 6.07) is 0. The molecule has 23 heavy (non-hydrogen) atoms. The van der Waals surface area contributed by atoms with Crippen molar-refractivity contribution in [1.29, 1.82) is 0 Å². The molecule has 0 aromatic rings. The van der Waals surface area contributed by atoms with E-state index < -0.39 is 0 Å². The normalized spacial score (nSPS) is 37.2. The number of fused-ring (bicyclic) bond motifs is 3. The van der Waals surface area contributed by atoms with Crippen LogP contribution in [0.1, 0.15) is 70.6 Å². The Kier molecular flexibility index (Phi) is 6.80. The summed E-state index contributed by atoms with van der Waals surface area (Å²) in [5, 5.41) is 0. The van der Waals surface area contributed by atoms with E-state index in [4.69, 9.17) is 0 Å². The Balaban J connectivity index is 0.000000136. The molecule has 0 amide bonds. The Labute approximate surface area is 143 Å². The van der Waals surface area contributed by atoms with Gasteiger partial charge in [0.2, 0.25) is 0 Å². The lowest BCUT2D eigenvalue weighted by atomic mass is 9.81. The maximum absolute atomic E-state index is 2.43. The summed E-state index contributed by atoms with van der Waals surface area (Å²) in [5.41, 5.74) is 0. The predicted octanol–water partition coefficient (Wildman–Crippen LogP) is 7.01. The van der Waals surface area contributed by atoms with Crippen LogP contribution in [0.15, 0.2) is 48.6 Å². The van der Waals surface area contributed by atoms with Crippen molar-refractivity contribution in [2.75, 3.05) is 0 Å². The highest BCUT2D eigenvalue weighted by Crippen LogP contribution is 2.33. The maximum atomic E-state index is 2.43. The third-order valence-electron chi connectivity index (χ3n) is 6.14. The maximum Gasteiger partial charge on any atom is -0.0228 e. The van der Waals surface area contributed by atoms with Gasteiger partial charge < -0.3 is 0 Å². The van der Waals surface area contributed by atoms with Gasteiger partial charge in [0.1, 0.15) is 0 Å². The van der Waals surface area contributed by atoms with E-state index in [9.17, 15) is 0 Å². The van der Waals surface area contributed by atoms with E-state index in [1.807, 2.05) is 0 Å². The molecule has 0 spiro atoms. The highest BCUT2D eigenvalue weighted by atomic mass is 14.3. The van der Waals surface area contributed by atoms with Crippen LogP contribution >= 0.6 is 0 Å². The van der Waals surface area contributed by atoms with Crippen LogP contribution in [-0.2, 0) is 0 Å². The molecule has 0 heteroatoms. The van der Waals surface area contributed by atoms with Crippen molar-refractivity contribution in [3.05, 3.63) is 48.6 Å². The van der Waals surface area contributed by atoms with Gasteiger partial charge in [0.25, 0.3) is 0 Å². The highest BCUT2D eigenvalue weighted by Gasteiger charge is 2.21. The number of rotatable bonds is 0. The van der Waals surface area contributed by atoms with E-state index in [1.54, 1.807) is 0 Å². The van der Waals surface area contributed by atoms with Gasteiger partial charge >= 0.3 is 0 Å². The number of hydrogen-bond acceptors (Lipinski definition) is 0. The minimum Gasteiger partial charge on any atom is -0.0885 e. The Morgan fingerprint density at radius 1 is 0.522 bits per heavy atom. The van der Waals surface area contributed by atoms with Gasteiger partial charge in [0.15, 0.2) is 0 Å². The van der Waals surface area contributed by atoms with Crippen LogP contribution in [0.2, 0.25) is 0 Å². The molecule has 0 nitrogen and oxygen atoms in total. The first-order valence-electron chi connectivity index (χ1n) is 10.0. The average Bonchev–Trinajstić information content (AvgIpc) is 2.91. The molecule has 2 bridgehead atoms. The molecule has 4 atom stereocenters. The third kappa shape index (κ3) is 5.52. The van der Waals surface area contributed by atoms with E-state index >= 15 is 0 Å². The molecule has 4 aliphatic carbocycles. The third-order valence-corrected chi connectivity index (χ3v) is 6.14. The smallest absolute Gasteiger partial charge is 0.0228 e. The van der Waals surface area contributed by atoms with Gasteiger partial charge in [-0.2, -0.15) is 0 Å². The van der Waals surface area contributed by atoms with Crippen molar-refractivity contribution < 1.29 is 0 Å². The summed E-state index contributed by atoms with van der Waals surface area (Å²) in [5.74, 6) is 3.83. The van der Waals surface area contributed by atoms with Gasteiger partial charge in [-0.15, -0.1) is 0 Å². The molecule has 0 fully saturated rings. The quantitative estimate of drug-likeness (QED) is 0.422. The molecule has 0 radical (unpaired) electrons. The van der Waals surface area contributed by atoms with E-state index in [-0.39, 0.29) is 0 Å². The van der Waals surface area contributed by atoms with Crippen LogP contribution in [0, 0.1) is 23.7 Å². The lowest BCUT2D eigenvalue weighted by Gasteiger charge is -2.25. The largest absolute Gasteiger partial charge is 0.0885 e. The van der Waals surface area contributed by atoms with Gasteiger partial charge in [0.05, 0.1) is 0 Å². The molecular weight excluding hydrogens is 276 g/mol. The lowest BCUT2D eigenvalue weighted by Crippen LogP contribution is -2.11. The summed E-state index contributed by atoms with van der Waals surface area (Å²) in [4.78, 5) is 0. The second-order valence-corrected chi connectivity index (χ2v) is 7.90. The predicted molar refractivity (Wildman–Crippen MR) is 101 cm³/mol. The molecule has 4 rings (SSSR count). The second-order valence-electron chi connectivity index (χ2n) is 7.90. The first-order chi connectivity index (χ1) is 11.4. The Bertz CT molecular complexity index is 429. The summed E-state index contributed by atoms with van der Waals surface area (Å²) in [7, 11) is 0. The molecule has 0 aromatic carbocycles. The van der Waals surface area contributed by atoms with Gasteiger partial charge in [-0.3, -0.25) is 0 Å². The van der Waals surface area contributed by atoms with E-state index in [2.05, 4.69) is 48.6 Å². The fraction of sp³-hybridized carbons (Fsp3) is 0.652. The Morgan fingerprint density at radius 3 is 1.78 bits per heavy atom. The zero-order chi connectivity index (χ0) is 15.7. The molecule has 0 aromatic heterocycles. The summed E-state index contributed by atoms with van der Waals surface area (Å²) in [6.07, 6.45) is 34.0. The fourth-order valence-corrected chi connectivity index (χ4v) is 4.68. The van der Waals surface area contributed by atoms with Gasteiger partial charge in [0, 0.05) is 0 Å². The van der Waals surface area contributed by atoms with Crippen molar-refractivity contribution in [3.8, 4) is 0 Å². The standard InChI is InChI=1S/C12H18.C11H16/c1-3-7-11-9-5-2-6-10-12(11)8-4-1;1-2-5-10-7-4-8-11(9-10)6-3-1/h1-3,6,11-12H,4-5,7-10H2;1-2,4,8,10-11H,3,5-7,9H2/b;2-1-. The lowest BCUT2D eigenvalue weighted by molar-refractivity contribution is 0.315. The van der Waals surface area contributed by atoms with Crippen LogP contribution in [-0.4, -0.2) is 0 Å². The second kappa shape index (κ2) is 9.30. The summed E-state index contributed by atoms with van der Waals surface area (Å²) < 4.78 is 0. The van der Waals surface area contributed by atoms with Crippen molar-refractivity contribution in [2.45, 2.75) is 70.6 Å².